The molecule has 34 heavy (non-hydrogen) atoms. The monoisotopic (exact) mass is 453 g/mol. The highest BCUT2D eigenvalue weighted by molar-refractivity contribution is 6.03. The number of fused-ring (bicyclic) bond motifs is 1. The van der Waals surface area contributed by atoms with Gasteiger partial charge in [0.1, 0.15) is 11.3 Å². The van der Waals surface area contributed by atoms with Crippen molar-refractivity contribution in [2.24, 2.45) is 0 Å². The largest absolute Gasteiger partial charge is 0.451 e. The molecular formula is C26H19N3O5. The average Bonchev–Trinajstić information content (AvgIpc) is 3.48. The number of nitrogens with zero attached hydrogens (tertiary/aromatic N) is 2. The Hall–Kier alpha value is -4.72. The molecule has 0 radical (unpaired) electrons. The van der Waals surface area contributed by atoms with Gasteiger partial charge in [-0.2, -0.15) is 0 Å². The van der Waals surface area contributed by atoms with Crippen LogP contribution < -0.4 is 5.32 Å². The van der Waals surface area contributed by atoms with Gasteiger partial charge in [0.2, 0.25) is 5.89 Å². The molecule has 0 atom stereocenters. The maximum absolute atomic E-state index is 12.7. The maximum atomic E-state index is 12.7. The van der Waals surface area contributed by atoms with Crippen LogP contribution in [0.1, 0.15) is 21.7 Å². The van der Waals surface area contributed by atoms with Crippen molar-refractivity contribution in [2.45, 2.75) is 13.8 Å². The summed E-state index contributed by atoms with van der Waals surface area (Å²) in [4.78, 5) is 27.8. The predicted octanol–water partition coefficient (Wildman–Crippen LogP) is 6.53. The lowest BCUT2D eigenvalue weighted by Gasteiger charge is -2.02. The number of benzene rings is 3. The van der Waals surface area contributed by atoms with Crippen molar-refractivity contribution >= 4 is 28.4 Å². The minimum atomic E-state index is -0.481. The standard InChI is InChI=1S/C26H19N3O5/c1-15-6-7-18(12-16(15)2)26-28-21-14-19(8-9-23(21)34-26)27-25(30)24-11-10-22(33-24)17-4-3-5-20(13-17)29(31)32/h3-14H,1-2H3,(H,27,30). The number of amides is 1. The third kappa shape index (κ3) is 4.04. The maximum Gasteiger partial charge on any atom is 0.291 e. The van der Waals surface area contributed by atoms with Crippen LogP contribution in [0.25, 0.3) is 33.9 Å². The second-order valence-electron chi connectivity index (χ2n) is 7.93. The first-order valence-electron chi connectivity index (χ1n) is 10.5. The number of non-ortho nitro benzene ring substituents is 1. The number of aryl methyl sites for hydroxylation is 2. The summed E-state index contributed by atoms with van der Waals surface area (Å²) in [5.41, 5.74) is 5.43. The fourth-order valence-corrected chi connectivity index (χ4v) is 3.58. The number of oxazole rings is 1. The van der Waals surface area contributed by atoms with E-state index in [2.05, 4.69) is 10.3 Å². The van der Waals surface area contributed by atoms with Gasteiger partial charge in [-0.3, -0.25) is 14.9 Å². The van der Waals surface area contributed by atoms with E-state index in [1.165, 1.54) is 23.8 Å². The minimum Gasteiger partial charge on any atom is -0.451 e. The third-order valence-electron chi connectivity index (χ3n) is 5.57. The van der Waals surface area contributed by atoms with E-state index >= 15 is 0 Å². The van der Waals surface area contributed by atoms with Crippen LogP contribution in [0.2, 0.25) is 0 Å². The van der Waals surface area contributed by atoms with Crippen LogP contribution in [0.4, 0.5) is 11.4 Å². The van der Waals surface area contributed by atoms with Gasteiger partial charge in [-0.1, -0.05) is 18.2 Å². The fraction of sp³-hybridized carbons (Fsp3) is 0.0769. The molecule has 5 aromatic rings. The van der Waals surface area contributed by atoms with Gasteiger partial charge >= 0.3 is 0 Å². The first-order chi connectivity index (χ1) is 16.4. The first-order valence-corrected chi connectivity index (χ1v) is 10.5. The predicted molar refractivity (Wildman–Crippen MR) is 128 cm³/mol. The van der Waals surface area contributed by atoms with Gasteiger partial charge in [0.05, 0.1) is 4.92 Å². The van der Waals surface area contributed by atoms with Crippen molar-refractivity contribution in [3.8, 4) is 22.8 Å². The van der Waals surface area contributed by atoms with Crippen LogP contribution >= 0.6 is 0 Å². The Balaban J connectivity index is 1.36. The Morgan fingerprint density at radius 3 is 2.56 bits per heavy atom. The number of aromatic nitrogens is 1. The van der Waals surface area contributed by atoms with E-state index in [4.69, 9.17) is 8.83 Å². The van der Waals surface area contributed by atoms with Gasteiger partial charge in [-0.15, -0.1) is 0 Å². The summed E-state index contributed by atoms with van der Waals surface area (Å²) in [5.74, 6) is 0.500. The number of nitro groups is 1. The number of carbonyl (C=O) groups excluding carboxylic acids is 1. The SMILES string of the molecule is Cc1ccc(-c2nc3cc(NC(=O)c4ccc(-c5cccc([N+](=O)[O-])c5)o4)ccc3o2)cc1C. The molecule has 8 heteroatoms. The lowest BCUT2D eigenvalue weighted by atomic mass is 10.1. The Morgan fingerprint density at radius 2 is 1.76 bits per heavy atom. The van der Waals surface area contributed by atoms with Gasteiger partial charge < -0.3 is 14.2 Å². The lowest BCUT2D eigenvalue weighted by Crippen LogP contribution is -2.10. The summed E-state index contributed by atoms with van der Waals surface area (Å²) < 4.78 is 11.5. The van der Waals surface area contributed by atoms with Crippen molar-refractivity contribution in [1.29, 1.82) is 0 Å². The molecule has 168 valence electrons. The normalized spacial score (nSPS) is 11.0. The molecule has 0 unspecified atom stereocenters. The number of carbonyl (C=O) groups is 1. The average molecular weight is 453 g/mol. The van der Waals surface area contributed by atoms with E-state index in [0.29, 0.717) is 34.0 Å². The molecule has 0 saturated heterocycles. The second-order valence-corrected chi connectivity index (χ2v) is 7.93. The molecule has 0 aliphatic carbocycles. The quantitative estimate of drug-likeness (QED) is 0.239. The Kier molecular flexibility index (Phi) is 5.18. The smallest absolute Gasteiger partial charge is 0.291 e. The molecule has 0 saturated carbocycles. The zero-order valence-corrected chi connectivity index (χ0v) is 18.4. The summed E-state index contributed by atoms with van der Waals surface area (Å²) in [7, 11) is 0. The van der Waals surface area contributed by atoms with E-state index in [-0.39, 0.29) is 11.4 Å². The molecule has 2 aromatic heterocycles. The molecule has 0 aliphatic heterocycles. The van der Waals surface area contributed by atoms with E-state index in [1.54, 1.807) is 36.4 Å². The molecule has 8 nitrogen and oxygen atoms in total. The van der Waals surface area contributed by atoms with Gasteiger partial charge in [0.15, 0.2) is 11.3 Å². The Labute approximate surface area is 194 Å². The number of hydrogen-bond acceptors (Lipinski definition) is 6. The molecule has 3 aromatic carbocycles. The Bertz CT molecular complexity index is 1560. The van der Waals surface area contributed by atoms with Crippen molar-refractivity contribution in [3.63, 3.8) is 0 Å². The van der Waals surface area contributed by atoms with Crippen molar-refractivity contribution in [1.82, 2.24) is 4.98 Å². The van der Waals surface area contributed by atoms with Gasteiger partial charge in [0.25, 0.3) is 11.6 Å². The molecule has 2 heterocycles. The number of hydrogen-bond donors (Lipinski definition) is 1. The van der Waals surface area contributed by atoms with Crippen LogP contribution in [0.15, 0.2) is 81.6 Å². The highest BCUT2D eigenvalue weighted by atomic mass is 16.6. The van der Waals surface area contributed by atoms with Crippen LogP contribution in [0.3, 0.4) is 0 Å². The first kappa shape index (κ1) is 21.1. The number of anilines is 1. The molecule has 0 fully saturated rings. The topological polar surface area (TPSA) is 111 Å². The highest BCUT2D eigenvalue weighted by Crippen LogP contribution is 2.29. The summed E-state index contributed by atoms with van der Waals surface area (Å²) in [6.45, 7) is 4.08. The van der Waals surface area contributed by atoms with Crippen molar-refractivity contribution in [3.05, 3.63) is 99.8 Å². The number of rotatable bonds is 5. The summed E-state index contributed by atoms with van der Waals surface area (Å²) >= 11 is 0. The molecule has 1 amide bonds. The zero-order chi connectivity index (χ0) is 23.8. The highest BCUT2D eigenvalue weighted by Gasteiger charge is 2.16. The van der Waals surface area contributed by atoms with E-state index < -0.39 is 10.8 Å². The van der Waals surface area contributed by atoms with Gasteiger partial charge in [-0.25, -0.2) is 4.98 Å². The molecule has 0 bridgehead atoms. The van der Waals surface area contributed by atoms with Crippen LogP contribution in [-0.2, 0) is 0 Å². The third-order valence-corrected chi connectivity index (χ3v) is 5.57. The van der Waals surface area contributed by atoms with Crippen molar-refractivity contribution < 1.29 is 18.6 Å². The second kappa shape index (κ2) is 8.32. The Morgan fingerprint density at radius 1 is 0.912 bits per heavy atom. The molecular weight excluding hydrogens is 434 g/mol. The minimum absolute atomic E-state index is 0.0546. The molecule has 0 aliphatic rings. The van der Waals surface area contributed by atoms with Gasteiger partial charge in [0, 0.05) is 28.9 Å². The molecule has 1 N–H and O–H groups in total. The van der Waals surface area contributed by atoms with E-state index in [9.17, 15) is 14.9 Å². The van der Waals surface area contributed by atoms with Gasteiger partial charge in [-0.05, 0) is 67.4 Å². The number of furan rings is 1. The van der Waals surface area contributed by atoms with Crippen LogP contribution in [0, 0.1) is 24.0 Å². The fourth-order valence-electron chi connectivity index (χ4n) is 3.58. The lowest BCUT2D eigenvalue weighted by molar-refractivity contribution is -0.384. The molecule has 0 spiro atoms. The summed E-state index contributed by atoms with van der Waals surface area (Å²) in [5, 5.41) is 13.8. The zero-order valence-electron chi connectivity index (χ0n) is 18.4. The van der Waals surface area contributed by atoms with Crippen LogP contribution in [0.5, 0.6) is 0 Å². The number of nitrogens with one attached hydrogen (secondary N) is 1. The summed E-state index contributed by atoms with van der Waals surface area (Å²) in [6, 6.07) is 20.4. The van der Waals surface area contributed by atoms with E-state index in [1.807, 2.05) is 32.0 Å². The summed E-state index contributed by atoms with van der Waals surface area (Å²) in [6.07, 6.45) is 0. The number of nitro benzene ring substituents is 1. The van der Waals surface area contributed by atoms with Crippen molar-refractivity contribution in [2.75, 3.05) is 5.32 Å². The van der Waals surface area contributed by atoms with E-state index in [0.717, 1.165) is 11.1 Å². The molecule has 5 rings (SSSR count). The van der Waals surface area contributed by atoms with Crippen LogP contribution in [-0.4, -0.2) is 15.8 Å².